The molecule has 1 fully saturated rings. The van der Waals surface area contributed by atoms with E-state index in [4.69, 9.17) is 0 Å². The topological polar surface area (TPSA) is 66.5 Å². The number of rotatable bonds is 6. The van der Waals surface area contributed by atoms with E-state index in [1.807, 2.05) is 37.4 Å². The standard InChI is InChI=1S/C20H24N2O3S2/c1-15(16-10-12-17(26-2)13-11-16)21-20(23)19-9-6-14-22(19)27(24,25)18-7-4-3-5-8-18/h3-5,7-8,10-13,15,19H,6,9,14H2,1-2H3,(H,21,23). The van der Waals surface area contributed by atoms with Crippen LogP contribution in [0.3, 0.4) is 0 Å². The summed E-state index contributed by atoms with van der Waals surface area (Å²) in [5.41, 5.74) is 0.997. The molecule has 3 rings (SSSR count). The molecule has 1 heterocycles. The summed E-state index contributed by atoms with van der Waals surface area (Å²) in [6, 6.07) is 15.5. The molecule has 1 N–H and O–H groups in total. The minimum absolute atomic E-state index is 0.185. The van der Waals surface area contributed by atoms with Gasteiger partial charge in [-0.1, -0.05) is 30.3 Å². The molecule has 0 aromatic heterocycles. The van der Waals surface area contributed by atoms with Crippen molar-refractivity contribution in [2.75, 3.05) is 12.8 Å². The number of sulfonamides is 1. The van der Waals surface area contributed by atoms with Gasteiger partial charge in [-0.3, -0.25) is 4.79 Å². The highest BCUT2D eigenvalue weighted by Gasteiger charge is 2.39. The summed E-state index contributed by atoms with van der Waals surface area (Å²) in [7, 11) is -3.67. The van der Waals surface area contributed by atoms with Gasteiger partial charge in [-0.2, -0.15) is 4.31 Å². The largest absolute Gasteiger partial charge is 0.348 e. The van der Waals surface area contributed by atoms with Gasteiger partial charge in [-0.15, -0.1) is 11.8 Å². The van der Waals surface area contributed by atoms with Gasteiger partial charge in [0, 0.05) is 11.4 Å². The van der Waals surface area contributed by atoms with Crippen LogP contribution < -0.4 is 5.32 Å². The number of benzene rings is 2. The molecule has 0 aliphatic carbocycles. The Morgan fingerprint density at radius 2 is 1.81 bits per heavy atom. The van der Waals surface area contributed by atoms with Crippen molar-refractivity contribution in [2.24, 2.45) is 0 Å². The molecule has 1 amide bonds. The summed E-state index contributed by atoms with van der Waals surface area (Å²) < 4.78 is 27.2. The molecule has 27 heavy (non-hydrogen) atoms. The van der Waals surface area contributed by atoms with E-state index < -0.39 is 16.1 Å². The van der Waals surface area contributed by atoms with Crippen molar-refractivity contribution in [1.82, 2.24) is 9.62 Å². The van der Waals surface area contributed by atoms with Crippen molar-refractivity contribution in [3.8, 4) is 0 Å². The van der Waals surface area contributed by atoms with Crippen LogP contribution >= 0.6 is 11.8 Å². The number of amides is 1. The predicted molar refractivity (Wildman–Crippen MR) is 108 cm³/mol. The molecule has 2 unspecified atom stereocenters. The van der Waals surface area contributed by atoms with Crippen molar-refractivity contribution in [3.63, 3.8) is 0 Å². The number of nitrogens with one attached hydrogen (secondary N) is 1. The number of hydrogen-bond acceptors (Lipinski definition) is 4. The smallest absolute Gasteiger partial charge is 0.243 e. The first-order valence-corrected chi connectivity index (χ1v) is 11.6. The van der Waals surface area contributed by atoms with Crippen LogP contribution in [0.4, 0.5) is 0 Å². The summed E-state index contributed by atoms with van der Waals surface area (Å²) in [6.07, 6.45) is 3.24. The molecule has 1 saturated heterocycles. The van der Waals surface area contributed by atoms with Crippen LogP contribution in [0.1, 0.15) is 31.4 Å². The van der Waals surface area contributed by atoms with Gasteiger partial charge in [-0.25, -0.2) is 8.42 Å². The maximum Gasteiger partial charge on any atom is 0.243 e. The Hall–Kier alpha value is -1.83. The fraction of sp³-hybridized carbons (Fsp3) is 0.350. The molecule has 5 nitrogen and oxygen atoms in total. The van der Waals surface area contributed by atoms with E-state index in [1.165, 1.54) is 4.31 Å². The molecule has 144 valence electrons. The maximum absolute atomic E-state index is 12.9. The van der Waals surface area contributed by atoms with Gasteiger partial charge in [0.05, 0.1) is 10.9 Å². The first kappa shape index (κ1) is 19.9. The van der Waals surface area contributed by atoms with Gasteiger partial charge in [0.2, 0.25) is 15.9 Å². The quantitative estimate of drug-likeness (QED) is 0.749. The maximum atomic E-state index is 12.9. The lowest BCUT2D eigenvalue weighted by molar-refractivity contribution is -0.124. The lowest BCUT2D eigenvalue weighted by atomic mass is 10.1. The Bertz CT molecular complexity index is 883. The summed E-state index contributed by atoms with van der Waals surface area (Å²) in [5.74, 6) is -0.242. The van der Waals surface area contributed by atoms with Crippen LogP contribution in [0.15, 0.2) is 64.4 Å². The third kappa shape index (κ3) is 4.36. The summed E-state index contributed by atoms with van der Waals surface area (Å²) in [6.45, 7) is 2.28. The summed E-state index contributed by atoms with van der Waals surface area (Å²) in [5, 5.41) is 2.98. The second-order valence-electron chi connectivity index (χ2n) is 6.59. The molecule has 1 aliphatic rings. The summed E-state index contributed by atoms with van der Waals surface area (Å²) in [4.78, 5) is 14.2. The van der Waals surface area contributed by atoms with E-state index in [-0.39, 0.29) is 16.8 Å². The van der Waals surface area contributed by atoms with Crippen LogP contribution in [0.2, 0.25) is 0 Å². The second-order valence-corrected chi connectivity index (χ2v) is 9.36. The van der Waals surface area contributed by atoms with Gasteiger partial charge in [-0.05, 0) is 55.9 Å². The molecule has 1 aliphatic heterocycles. The van der Waals surface area contributed by atoms with E-state index in [9.17, 15) is 13.2 Å². The van der Waals surface area contributed by atoms with Crippen molar-refractivity contribution in [1.29, 1.82) is 0 Å². The average Bonchev–Trinajstić information content (AvgIpc) is 3.19. The van der Waals surface area contributed by atoms with Crippen molar-refractivity contribution >= 4 is 27.7 Å². The molecule has 0 saturated carbocycles. The monoisotopic (exact) mass is 404 g/mol. The Labute approximate surface area is 165 Å². The predicted octanol–water partition coefficient (Wildman–Crippen LogP) is 3.44. The zero-order chi connectivity index (χ0) is 19.4. The number of nitrogens with zero attached hydrogens (tertiary/aromatic N) is 1. The van der Waals surface area contributed by atoms with Gasteiger partial charge >= 0.3 is 0 Å². The SMILES string of the molecule is CSc1ccc(C(C)NC(=O)C2CCCN2S(=O)(=O)c2ccccc2)cc1. The Kier molecular flexibility index (Phi) is 6.24. The molecule has 2 atom stereocenters. The molecular weight excluding hydrogens is 380 g/mol. The van der Waals surface area contributed by atoms with E-state index in [0.29, 0.717) is 19.4 Å². The number of carbonyl (C=O) groups excluding carboxylic acids is 1. The molecule has 0 spiro atoms. The highest BCUT2D eigenvalue weighted by molar-refractivity contribution is 7.98. The Balaban J connectivity index is 1.73. The average molecular weight is 405 g/mol. The van der Waals surface area contributed by atoms with Gasteiger partial charge in [0.25, 0.3) is 0 Å². The fourth-order valence-corrected chi connectivity index (χ4v) is 5.39. The minimum atomic E-state index is -3.67. The number of hydrogen-bond donors (Lipinski definition) is 1. The highest BCUT2D eigenvalue weighted by atomic mass is 32.2. The van der Waals surface area contributed by atoms with E-state index in [0.717, 1.165) is 10.5 Å². The number of thioether (sulfide) groups is 1. The Morgan fingerprint density at radius 1 is 1.15 bits per heavy atom. The second kappa shape index (κ2) is 8.46. The van der Waals surface area contributed by atoms with E-state index >= 15 is 0 Å². The van der Waals surface area contributed by atoms with Crippen LogP contribution in [0.25, 0.3) is 0 Å². The van der Waals surface area contributed by atoms with Crippen LogP contribution in [-0.2, 0) is 14.8 Å². The third-order valence-electron chi connectivity index (χ3n) is 4.83. The lowest BCUT2D eigenvalue weighted by Crippen LogP contribution is -2.46. The zero-order valence-corrected chi connectivity index (χ0v) is 17.1. The minimum Gasteiger partial charge on any atom is -0.348 e. The van der Waals surface area contributed by atoms with Crippen molar-refractivity contribution in [3.05, 3.63) is 60.2 Å². The van der Waals surface area contributed by atoms with Crippen LogP contribution in [0.5, 0.6) is 0 Å². The molecular formula is C20H24N2O3S2. The van der Waals surface area contributed by atoms with Gasteiger partial charge in [0.1, 0.15) is 6.04 Å². The first-order valence-electron chi connectivity index (χ1n) is 8.94. The van der Waals surface area contributed by atoms with Gasteiger partial charge in [0.15, 0.2) is 0 Å². The van der Waals surface area contributed by atoms with E-state index in [1.54, 1.807) is 42.1 Å². The van der Waals surface area contributed by atoms with Crippen molar-refractivity contribution in [2.45, 2.75) is 41.6 Å². The third-order valence-corrected chi connectivity index (χ3v) is 7.50. The molecule has 2 aromatic rings. The number of carbonyl (C=O) groups is 1. The molecule has 7 heteroatoms. The lowest BCUT2D eigenvalue weighted by Gasteiger charge is -2.25. The normalized spacial score (nSPS) is 19.0. The van der Waals surface area contributed by atoms with Gasteiger partial charge < -0.3 is 5.32 Å². The summed E-state index contributed by atoms with van der Waals surface area (Å²) >= 11 is 1.66. The van der Waals surface area contributed by atoms with Crippen LogP contribution in [-0.4, -0.2) is 37.5 Å². The molecule has 0 radical (unpaired) electrons. The Morgan fingerprint density at radius 3 is 2.44 bits per heavy atom. The highest BCUT2D eigenvalue weighted by Crippen LogP contribution is 2.27. The zero-order valence-electron chi connectivity index (χ0n) is 15.5. The van der Waals surface area contributed by atoms with E-state index in [2.05, 4.69) is 5.32 Å². The first-order chi connectivity index (χ1) is 12.9. The van der Waals surface area contributed by atoms with Crippen molar-refractivity contribution < 1.29 is 13.2 Å². The fourth-order valence-electron chi connectivity index (χ4n) is 3.30. The van der Waals surface area contributed by atoms with Crippen LogP contribution in [0, 0.1) is 0 Å². The molecule has 2 aromatic carbocycles. The molecule has 0 bridgehead atoms.